The Hall–Kier alpha value is -1.09. The maximum Gasteiger partial charge on any atom is 0.250 e. The highest BCUT2D eigenvalue weighted by atomic mass is 28.4. The molecule has 1 atom stereocenters. The highest BCUT2D eigenvalue weighted by molar-refractivity contribution is 6.74. The minimum atomic E-state index is -1.91. The van der Waals surface area contributed by atoms with Gasteiger partial charge in [0.25, 0.3) is 8.32 Å². The second kappa shape index (κ2) is 6.13. The largest absolute Gasteiger partial charge is 0.543 e. The lowest BCUT2D eigenvalue weighted by Gasteiger charge is -2.36. The van der Waals surface area contributed by atoms with E-state index in [1.165, 1.54) is 5.56 Å². The van der Waals surface area contributed by atoms with Crippen LogP contribution in [-0.2, 0) is 0 Å². The van der Waals surface area contributed by atoms with E-state index >= 15 is 0 Å². The summed E-state index contributed by atoms with van der Waals surface area (Å²) in [5, 5.41) is 0.128. The van der Waals surface area contributed by atoms with Gasteiger partial charge < -0.3 is 4.43 Å². The third-order valence-corrected chi connectivity index (χ3v) is 8.86. The fourth-order valence-corrected chi connectivity index (χ4v) is 2.76. The molecule has 112 valence electrons. The second-order valence-electron chi connectivity index (χ2n) is 7.09. The summed E-state index contributed by atoms with van der Waals surface area (Å²) in [6.07, 6.45) is 1.98. The lowest BCUT2D eigenvalue weighted by molar-refractivity contribution is 0.112. The van der Waals surface area contributed by atoms with Gasteiger partial charge in [0.15, 0.2) is 6.29 Å². The SMILES string of the molecule is CCC(C)c1ccc(O[Si](C)(C)C(C)(C)C)c(C=O)c1. The average molecular weight is 292 g/mol. The first-order chi connectivity index (χ1) is 9.12. The van der Waals surface area contributed by atoms with Gasteiger partial charge in [0.05, 0.1) is 5.56 Å². The smallest absolute Gasteiger partial charge is 0.250 e. The lowest BCUT2D eigenvalue weighted by atomic mass is 9.97. The van der Waals surface area contributed by atoms with Crippen LogP contribution in [0.2, 0.25) is 18.1 Å². The van der Waals surface area contributed by atoms with E-state index in [1.807, 2.05) is 12.1 Å². The molecular weight excluding hydrogens is 264 g/mol. The van der Waals surface area contributed by atoms with E-state index in [0.717, 1.165) is 18.5 Å². The summed E-state index contributed by atoms with van der Waals surface area (Å²) < 4.78 is 6.26. The second-order valence-corrected chi connectivity index (χ2v) is 11.8. The van der Waals surface area contributed by atoms with Crippen LogP contribution in [0.15, 0.2) is 18.2 Å². The number of rotatable bonds is 5. The fourth-order valence-electron chi connectivity index (χ4n) is 1.72. The summed E-state index contributed by atoms with van der Waals surface area (Å²) in [6, 6.07) is 6.03. The maximum atomic E-state index is 11.4. The molecule has 1 aromatic rings. The number of hydrogen-bond acceptors (Lipinski definition) is 2. The van der Waals surface area contributed by atoms with Crippen LogP contribution in [0.3, 0.4) is 0 Å². The van der Waals surface area contributed by atoms with Crippen LogP contribution in [0.1, 0.15) is 62.9 Å². The van der Waals surface area contributed by atoms with Gasteiger partial charge in [-0.15, -0.1) is 0 Å². The minimum absolute atomic E-state index is 0.128. The van der Waals surface area contributed by atoms with Crippen molar-refractivity contribution < 1.29 is 9.22 Å². The van der Waals surface area contributed by atoms with Gasteiger partial charge in [0.2, 0.25) is 0 Å². The Kier molecular flexibility index (Phi) is 5.19. The quantitative estimate of drug-likeness (QED) is 0.537. The van der Waals surface area contributed by atoms with E-state index in [1.54, 1.807) is 0 Å². The Bertz CT molecular complexity index is 472. The van der Waals surface area contributed by atoms with Gasteiger partial charge >= 0.3 is 0 Å². The fraction of sp³-hybridized carbons (Fsp3) is 0.588. The number of hydrogen-bond donors (Lipinski definition) is 0. The number of carbonyl (C=O) groups excluding carboxylic acids is 1. The zero-order chi connectivity index (χ0) is 15.6. The van der Waals surface area contributed by atoms with Crippen molar-refractivity contribution in [2.45, 2.75) is 65.1 Å². The standard InChI is InChI=1S/C17H28O2Si/c1-8-13(2)14-9-10-16(15(11-14)12-18)19-20(6,7)17(3,4)5/h9-13H,8H2,1-7H3. The van der Waals surface area contributed by atoms with Crippen LogP contribution in [0.5, 0.6) is 5.75 Å². The van der Waals surface area contributed by atoms with Crippen LogP contribution in [0.4, 0.5) is 0 Å². The molecule has 0 fully saturated rings. The summed E-state index contributed by atoms with van der Waals surface area (Å²) in [6.45, 7) is 15.3. The first-order valence-electron chi connectivity index (χ1n) is 7.40. The predicted molar refractivity (Wildman–Crippen MR) is 88.4 cm³/mol. The Morgan fingerprint density at radius 1 is 1.30 bits per heavy atom. The van der Waals surface area contributed by atoms with Crippen molar-refractivity contribution in [1.82, 2.24) is 0 Å². The molecule has 1 aromatic carbocycles. The summed E-state index contributed by atoms with van der Waals surface area (Å²) in [7, 11) is -1.91. The zero-order valence-corrected chi connectivity index (χ0v) is 14.9. The van der Waals surface area contributed by atoms with Crippen molar-refractivity contribution in [3.63, 3.8) is 0 Å². The van der Waals surface area contributed by atoms with E-state index in [2.05, 4.69) is 53.8 Å². The van der Waals surface area contributed by atoms with Gasteiger partial charge in [-0.1, -0.05) is 40.7 Å². The summed E-state index contributed by atoms with van der Waals surface area (Å²) in [4.78, 5) is 11.4. The molecule has 0 saturated heterocycles. The molecule has 0 amide bonds. The van der Waals surface area contributed by atoms with Crippen LogP contribution in [0, 0.1) is 0 Å². The minimum Gasteiger partial charge on any atom is -0.543 e. The van der Waals surface area contributed by atoms with E-state index in [9.17, 15) is 4.79 Å². The molecule has 0 radical (unpaired) electrons. The molecule has 0 N–H and O–H groups in total. The van der Waals surface area contributed by atoms with Gasteiger partial charge in [0, 0.05) is 0 Å². The lowest BCUT2D eigenvalue weighted by Crippen LogP contribution is -2.44. The molecule has 0 bridgehead atoms. The predicted octanol–water partition coefficient (Wildman–Crippen LogP) is 5.40. The number of benzene rings is 1. The molecule has 0 aliphatic rings. The number of aldehydes is 1. The number of carbonyl (C=O) groups is 1. The van der Waals surface area contributed by atoms with Crippen LogP contribution in [-0.4, -0.2) is 14.6 Å². The highest BCUT2D eigenvalue weighted by Crippen LogP contribution is 2.38. The molecule has 0 spiro atoms. The van der Waals surface area contributed by atoms with Crippen molar-refractivity contribution in [3.8, 4) is 5.75 Å². The van der Waals surface area contributed by atoms with Gasteiger partial charge in [0.1, 0.15) is 5.75 Å². The molecule has 1 rings (SSSR count). The van der Waals surface area contributed by atoms with E-state index < -0.39 is 8.32 Å². The summed E-state index contributed by atoms with van der Waals surface area (Å²) >= 11 is 0. The zero-order valence-electron chi connectivity index (χ0n) is 13.9. The molecule has 3 heteroatoms. The van der Waals surface area contributed by atoms with Crippen LogP contribution < -0.4 is 4.43 Å². The molecule has 0 saturated carbocycles. The molecule has 0 aliphatic heterocycles. The van der Waals surface area contributed by atoms with E-state index in [4.69, 9.17) is 4.43 Å². The van der Waals surface area contributed by atoms with Crippen molar-refractivity contribution in [2.24, 2.45) is 0 Å². The molecule has 0 aliphatic carbocycles. The normalized spacial score (nSPS) is 13.9. The average Bonchev–Trinajstić information content (AvgIpc) is 2.36. The maximum absolute atomic E-state index is 11.4. The van der Waals surface area contributed by atoms with Gasteiger partial charge in [-0.05, 0) is 48.2 Å². The summed E-state index contributed by atoms with van der Waals surface area (Å²) in [5.41, 5.74) is 1.88. The van der Waals surface area contributed by atoms with Crippen molar-refractivity contribution >= 4 is 14.6 Å². The molecule has 1 unspecified atom stereocenters. The first-order valence-corrected chi connectivity index (χ1v) is 10.3. The molecule has 0 heterocycles. The van der Waals surface area contributed by atoms with Gasteiger partial charge in [-0.2, -0.15) is 0 Å². The topological polar surface area (TPSA) is 26.3 Å². The Morgan fingerprint density at radius 3 is 2.35 bits per heavy atom. The van der Waals surface area contributed by atoms with E-state index in [-0.39, 0.29) is 5.04 Å². The third kappa shape index (κ3) is 3.72. The summed E-state index contributed by atoms with van der Waals surface area (Å²) in [5.74, 6) is 1.20. The highest BCUT2D eigenvalue weighted by Gasteiger charge is 2.39. The Morgan fingerprint density at radius 2 is 1.90 bits per heavy atom. The first kappa shape index (κ1) is 17.0. The molecular formula is C17H28O2Si. The molecule has 2 nitrogen and oxygen atoms in total. The Labute approximate surface area is 124 Å². The third-order valence-electron chi connectivity index (χ3n) is 4.51. The van der Waals surface area contributed by atoms with E-state index in [0.29, 0.717) is 11.5 Å². The monoisotopic (exact) mass is 292 g/mol. The van der Waals surface area contributed by atoms with Gasteiger partial charge in [-0.3, -0.25) is 4.79 Å². The van der Waals surface area contributed by atoms with Crippen molar-refractivity contribution in [2.75, 3.05) is 0 Å². The van der Waals surface area contributed by atoms with Crippen molar-refractivity contribution in [3.05, 3.63) is 29.3 Å². The Balaban J connectivity index is 3.11. The molecule has 0 aromatic heterocycles. The van der Waals surface area contributed by atoms with Crippen LogP contribution in [0.25, 0.3) is 0 Å². The molecule has 20 heavy (non-hydrogen) atoms. The van der Waals surface area contributed by atoms with Crippen LogP contribution >= 0.6 is 0 Å². The van der Waals surface area contributed by atoms with Crippen molar-refractivity contribution in [1.29, 1.82) is 0 Å². The van der Waals surface area contributed by atoms with Gasteiger partial charge in [-0.25, -0.2) is 0 Å².